The van der Waals surface area contributed by atoms with Gasteiger partial charge in [-0.1, -0.05) is 13.0 Å². The van der Waals surface area contributed by atoms with E-state index in [1.807, 2.05) is 6.92 Å². The van der Waals surface area contributed by atoms with Crippen LogP contribution in [0.3, 0.4) is 0 Å². The number of Topliss-reactive ketones (excluding diaryl/α,β-unsaturated/α-hetero) is 3. The third-order valence-corrected chi connectivity index (χ3v) is 8.02. The van der Waals surface area contributed by atoms with Gasteiger partial charge in [-0.25, -0.2) is 0 Å². The van der Waals surface area contributed by atoms with E-state index in [-0.39, 0.29) is 48.4 Å². The fourth-order valence-electron chi connectivity index (χ4n) is 6.27. The van der Waals surface area contributed by atoms with Crippen LogP contribution in [0, 0.1) is 11.8 Å². The lowest BCUT2D eigenvalue weighted by molar-refractivity contribution is -0.153. The second-order valence-electron chi connectivity index (χ2n) is 10.4. The van der Waals surface area contributed by atoms with Crippen molar-refractivity contribution in [2.24, 2.45) is 17.6 Å². The molecule has 37 heavy (non-hydrogen) atoms. The van der Waals surface area contributed by atoms with Gasteiger partial charge in [0, 0.05) is 17.9 Å². The SMILES string of the molecule is CCc1cc(CCC(C)=O)c(O)c2c1C[C@H]1C[C@H]3[C@H](N(C)C)C(=O)C(C(N)=O)=C(O)[C@@]3(O)C(=O)C1=C2O. The number of phenols is 1. The normalized spacial score (nSPS) is 27.2. The van der Waals surface area contributed by atoms with Crippen molar-refractivity contribution in [2.75, 3.05) is 14.1 Å². The minimum absolute atomic E-state index is 0.0434. The number of aromatic hydroxyl groups is 1. The van der Waals surface area contributed by atoms with Crippen LogP contribution < -0.4 is 5.73 Å². The van der Waals surface area contributed by atoms with E-state index in [1.165, 1.54) is 11.8 Å². The molecule has 0 bridgehead atoms. The van der Waals surface area contributed by atoms with E-state index in [0.717, 1.165) is 5.56 Å². The van der Waals surface area contributed by atoms with Gasteiger partial charge in [0.25, 0.3) is 5.91 Å². The zero-order valence-electron chi connectivity index (χ0n) is 21.3. The van der Waals surface area contributed by atoms with E-state index < -0.39 is 58.0 Å². The van der Waals surface area contributed by atoms with E-state index in [1.54, 1.807) is 20.2 Å². The number of rotatable bonds is 6. The van der Waals surface area contributed by atoms with Gasteiger partial charge < -0.3 is 31.0 Å². The topological polar surface area (TPSA) is 178 Å². The Morgan fingerprint density at radius 1 is 1.16 bits per heavy atom. The van der Waals surface area contributed by atoms with Crippen LogP contribution >= 0.6 is 0 Å². The summed E-state index contributed by atoms with van der Waals surface area (Å²) >= 11 is 0. The van der Waals surface area contributed by atoms with Crippen LogP contribution in [-0.2, 0) is 38.4 Å². The lowest BCUT2D eigenvalue weighted by Gasteiger charge is -2.50. The maximum absolute atomic E-state index is 13.9. The molecule has 0 spiro atoms. The molecule has 0 aliphatic heterocycles. The first-order valence-corrected chi connectivity index (χ1v) is 12.3. The summed E-state index contributed by atoms with van der Waals surface area (Å²) in [6.45, 7) is 3.35. The first-order valence-electron chi connectivity index (χ1n) is 12.3. The molecule has 4 atom stereocenters. The molecule has 0 aromatic heterocycles. The highest BCUT2D eigenvalue weighted by molar-refractivity contribution is 6.24. The summed E-state index contributed by atoms with van der Waals surface area (Å²) in [6, 6.07) is 0.682. The molecule has 10 nitrogen and oxygen atoms in total. The first kappa shape index (κ1) is 26.6. The van der Waals surface area contributed by atoms with E-state index in [0.29, 0.717) is 17.5 Å². The van der Waals surface area contributed by atoms with Gasteiger partial charge in [0.05, 0.1) is 11.6 Å². The zero-order valence-corrected chi connectivity index (χ0v) is 21.3. The van der Waals surface area contributed by atoms with Gasteiger partial charge in [0.1, 0.15) is 28.6 Å². The summed E-state index contributed by atoms with van der Waals surface area (Å²) < 4.78 is 0. The van der Waals surface area contributed by atoms with Crippen molar-refractivity contribution in [3.05, 3.63) is 45.2 Å². The van der Waals surface area contributed by atoms with Crippen LogP contribution in [0.2, 0.25) is 0 Å². The monoisotopic (exact) mass is 512 g/mol. The summed E-state index contributed by atoms with van der Waals surface area (Å²) in [5.74, 6) is -6.78. The van der Waals surface area contributed by atoms with Crippen molar-refractivity contribution in [2.45, 2.75) is 57.6 Å². The number of carbonyl (C=O) groups is 4. The first-order chi connectivity index (χ1) is 17.3. The molecular formula is C27H32N2O8. The number of aliphatic hydroxyl groups excluding tert-OH is 2. The number of fused-ring (bicyclic) bond motifs is 3. The Labute approximate surface area is 214 Å². The number of carbonyl (C=O) groups excluding carboxylic acids is 4. The molecule has 10 heteroatoms. The fourth-order valence-corrected chi connectivity index (χ4v) is 6.27. The summed E-state index contributed by atoms with van der Waals surface area (Å²) in [4.78, 5) is 52.1. The zero-order chi connectivity index (χ0) is 27.6. The molecule has 6 N–H and O–H groups in total. The standard InChI is InChI=1S/C27H32N2O8/c1-5-12-8-13(7-6-11(2)30)21(31)18-15(12)9-14-10-16-20(29(3)4)23(33)19(26(28)36)25(35)27(16,37)24(34)17(14)22(18)32/h8,14,16,20,31-32,35,37H,5-7,9-10H2,1-4H3,(H2,28,36)/t14-,16-,20-,27-/m0/s1. The number of primary amides is 1. The molecule has 1 saturated carbocycles. The van der Waals surface area contributed by atoms with Crippen LogP contribution in [0.5, 0.6) is 5.75 Å². The van der Waals surface area contributed by atoms with E-state index in [2.05, 4.69) is 0 Å². The second-order valence-corrected chi connectivity index (χ2v) is 10.4. The molecule has 4 rings (SSSR count). The Balaban J connectivity index is 1.95. The number of amides is 1. The van der Waals surface area contributed by atoms with Gasteiger partial charge in [0.15, 0.2) is 11.4 Å². The second kappa shape index (κ2) is 9.11. The van der Waals surface area contributed by atoms with E-state index >= 15 is 0 Å². The number of likely N-dealkylation sites (N-methyl/N-ethyl adjacent to an activating group) is 1. The van der Waals surface area contributed by atoms with Crippen molar-refractivity contribution in [1.29, 1.82) is 0 Å². The number of ketones is 3. The van der Waals surface area contributed by atoms with Gasteiger partial charge in [0.2, 0.25) is 5.78 Å². The van der Waals surface area contributed by atoms with E-state index in [9.17, 15) is 39.6 Å². The van der Waals surface area contributed by atoms with Gasteiger partial charge in [-0.3, -0.25) is 19.3 Å². The van der Waals surface area contributed by atoms with Crippen LogP contribution in [0.1, 0.15) is 48.9 Å². The van der Waals surface area contributed by atoms with Crippen LogP contribution in [0.15, 0.2) is 23.0 Å². The number of nitrogens with two attached hydrogens (primary N) is 1. The molecule has 3 aliphatic rings. The molecule has 0 radical (unpaired) electrons. The molecule has 0 unspecified atom stereocenters. The average molecular weight is 513 g/mol. The summed E-state index contributed by atoms with van der Waals surface area (Å²) in [5.41, 5.74) is 3.65. The average Bonchev–Trinajstić information content (AvgIpc) is 2.80. The summed E-state index contributed by atoms with van der Waals surface area (Å²) in [6.07, 6.45) is 1.28. The van der Waals surface area contributed by atoms with Crippen molar-refractivity contribution in [3.63, 3.8) is 0 Å². The van der Waals surface area contributed by atoms with Crippen molar-refractivity contribution < 1.29 is 39.6 Å². The molecule has 198 valence electrons. The third-order valence-electron chi connectivity index (χ3n) is 8.02. The van der Waals surface area contributed by atoms with Crippen molar-refractivity contribution in [1.82, 2.24) is 4.90 Å². The molecule has 1 fully saturated rings. The number of benzene rings is 1. The number of aliphatic hydroxyl groups is 3. The molecular weight excluding hydrogens is 480 g/mol. The minimum atomic E-state index is -2.67. The Bertz CT molecular complexity index is 1310. The fraction of sp³-hybridized carbons (Fsp3) is 0.481. The lowest BCUT2D eigenvalue weighted by Crippen LogP contribution is -2.65. The molecule has 1 aromatic rings. The summed E-state index contributed by atoms with van der Waals surface area (Å²) in [5, 5.41) is 45.0. The molecule has 3 aliphatic carbocycles. The molecule has 1 aromatic carbocycles. The van der Waals surface area contributed by atoms with Crippen molar-refractivity contribution in [3.8, 4) is 5.75 Å². The number of hydrogen-bond acceptors (Lipinski definition) is 9. The van der Waals surface area contributed by atoms with Crippen molar-refractivity contribution >= 4 is 29.0 Å². The Hall–Kier alpha value is -3.50. The van der Waals surface area contributed by atoms with Gasteiger partial charge in [-0.05, 0) is 69.3 Å². The summed E-state index contributed by atoms with van der Waals surface area (Å²) in [7, 11) is 3.12. The van der Waals surface area contributed by atoms with Gasteiger partial charge in [-0.2, -0.15) is 0 Å². The van der Waals surface area contributed by atoms with Crippen LogP contribution in [0.25, 0.3) is 5.76 Å². The van der Waals surface area contributed by atoms with E-state index in [4.69, 9.17) is 5.73 Å². The highest BCUT2D eigenvalue weighted by Crippen LogP contribution is 2.53. The third kappa shape index (κ3) is 3.77. The Kier molecular flexibility index (Phi) is 6.54. The highest BCUT2D eigenvalue weighted by atomic mass is 16.3. The maximum atomic E-state index is 13.9. The lowest BCUT2D eigenvalue weighted by atomic mass is 9.57. The predicted molar refractivity (Wildman–Crippen MR) is 133 cm³/mol. The minimum Gasteiger partial charge on any atom is -0.508 e. The maximum Gasteiger partial charge on any atom is 0.255 e. The smallest absolute Gasteiger partial charge is 0.255 e. The Morgan fingerprint density at radius 3 is 2.35 bits per heavy atom. The molecule has 1 amide bonds. The number of hydrogen-bond donors (Lipinski definition) is 5. The largest absolute Gasteiger partial charge is 0.508 e. The highest BCUT2D eigenvalue weighted by Gasteiger charge is 2.64. The molecule has 0 saturated heterocycles. The predicted octanol–water partition coefficient (Wildman–Crippen LogP) is 1.05. The van der Waals surface area contributed by atoms with Gasteiger partial charge in [-0.15, -0.1) is 0 Å². The molecule has 0 heterocycles. The van der Waals surface area contributed by atoms with Gasteiger partial charge >= 0.3 is 0 Å². The Morgan fingerprint density at radius 2 is 1.81 bits per heavy atom. The quantitative estimate of drug-likeness (QED) is 0.348. The number of aryl methyl sites for hydroxylation is 2. The van der Waals surface area contributed by atoms with Crippen LogP contribution in [0.4, 0.5) is 0 Å². The number of nitrogens with zero attached hydrogens (tertiary/aromatic N) is 1. The number of phenolic OH excluding ortho intramolecular Hbond substituents is 1. The van der Waals surface area contributed by atoms with Crippen LogP contribution in [-0.4, -0.2) is 74.3 Å².